The van der Waals surface area contributed by atoms with Crippen molar-refractivity contribution in [3.05, 3.63) is 34.1 Å². The Kier molecular flexibility index (Phi) is 2.18. The molecule has 1 aromatic carbocycles. The van der Waals surface area contributed by atoms with Gasteiger partial charge in [0.15, 0.2) is 0 Å². The first kappa shape index (κ1) is 8.24. The summed E-state index contributed by atoms with van der Waals surface area (Å²) < 4.78 is 13.6. The van der Waals surface area contributed by atoms with Gasteiger partial charge in [0.25, 0.3) is 0 Å². The largest absolute Gasteiger partial charge is 0.207 e. The zero-order chi connectivity index (χ0) is 8.55. The van der Waals surface area contributed by atoms with Crippen LogP contribution < -0.4 is 0 Å². The zero-order valence-electron chi connectivity index (χ0n) is 6.69. The van der Waals surface area contributed by atoms with Gasteiger partial charge in [-0.3, -0.25) is 0 Å². The number of hydrogen-bond acceptors (Lipinski definition) is 0. The molecule has 0 spiro atoms. The van der Waals surface area contributed by atoms with Gasteiger partial charge in [0.05, 0.1) is 0 Å². The quantitative estimate of drug-likeness (QED) is 0.685. The summed E-state index contributed by atoms with van der Waals surface area (Å²) in [7, 11) is 0. The molecule has 2 rings (SSSR count). The van der Waals surface area contributed by atoms with E-state index in [9.17, 15) is 4.39 Å². The van der Waals surface area contributed by atoms with Gasteiger partial charge in [-0.05, 0) is 36.5 Å². The highest BCUT2D eigenvalue weighted by atomic mass is 79.9. The monoisotopic (exact) mass is 228 g/mol. The number of halogens is 2. The van der Waals surface area contributed by atoms with Crippen LogP contribution in [0.15, 0.2) is 22.7 Å². The van der Waals surface area contributed by atoms with E-state index in [4.69, 9.17) is 0 Å². The second-order valence-electron chi connectivity index (χ2n) is 3.29. The lowest BCUT2D eigenvalue weighted by Gasteiger charge is -2.26. The highest BCUT2D eigenvalue weighted by molar-refractivity contribution is 9.10. The third kappa shape index (κ3) is 1.40. The predicted molar refractivity (Wildman–Crippen MR) is 50.7 cm³/mol. The molecule has 1 fully saturated rings. The van der Waals surface area contributed by atoms with Gasteiger partial charge in [-0.15, -0.1) is 0 Å². The van der Waals surface area contributed by atoms with E-state index in [1.165, 1.54) is 24.8 Å². The Balaban J connectivity index is 2.31. The summed E-state index contributed by atoms with van der Waals surface area (Å²) in [6, 6.07) is 4.98. The standard InChI is InChI=1S/C10H10BrF/c11-10-6-8(12)4-5-9(10)7-2-1-3-7/h4-7H,1-3H2. The predicted octanol–water partition coefficient (Wildman–Crippen LogP) is 3.86. The summed E-state index contributed by atoms with van der Waals surface area (Å²) in [5.41, 5.74) is 1.27. The van der Waals surface area contributed by atoms with Crippen LogP contribution in [-0.2, 0) is 0 Å². The molecule has 0 bridgehead atoms. The first-order valence-electron chi connectivity index (χ1n) is 4.22. The van der Waals surface area contributed by atoms with E-state index >= 15 is 0 Å². The Labute approximate surface area is 79.9 Å². The smallest absolute Gasteiger partial charge is 0.124 e. The maximum atomic E-state index is 12.7. The molecule has 1 aliphatic rings. The lowest BCUT2D eigenvalue weighted by molar-refractivity contribution is 0.418. The van der Waals surface area contributed by atoms with Crippen LogP contribution in [0.4, 0.5) is 4.39 Å². The van der Waals surface area contributed by atoms with Gasteiger partial charge < -0.3 is 0 Å². The van der Waals surface area contributed by atoms with E-state index in [0.29, 0.717) is 5.92 Å². The third-order valence-electron chi connectivity index (χ3n) is 2.51. The van der Waals surface area contributed by atoms with E-state index < -0.39 is 0 Å². The molecule has 0 saturated heterocycles. The summed E-state index contributed by atoms with van der Waals surface area (Å²) in [5.74, 6) is 0.505. The minimum atomic E-state index is -0.162. The molecule has 0 radical (unpaired) electrons. The van der Waals surface area contributed by atoms with Crippen molar-refractivity contribution in [2.75, 3.05) is 0 Å². The normalized spacial score (nSPS) is 17.5. The van der Waals surface area contributed by atoms with E-state index in [2.05, 4.69) is 15.9 Å². The van der Waals surface area contributed by atoms with Crippen molar-refractivity contribution in [2.45, 2.75) is 25.2 Å². The topological polar surface area (TPSA) is 0 Å². The average molecular weight is 229 g/mol. The van der Waals surface area contributed by atoms with E-state index in [1.54, 1.807) is 12.1 Å². The fraction of sp³-hybridized carbons (Fsp3) is 0.400. The first-order valence-corrected chi connectivity index (χ1v) is 5.01. The van der Waals surface area contributed by atoms with Gasteiger partial charge in [0.1, 0.15) is 5.82 Å². The molecule has 0 aliphatic heterocycles. The van der Waals surface area contributed by atoms with Crippen LogP contribution in [0.2, 0.25) is 0 Å². The summed E-state index contributed by atoms with van der Waals surface area (Å²) in [5, 5.41) is 0. The molecule has 1 saturated carbocycles. The van der Waals surface area contributed by atoms with Crippen molar-refractivity contribution in [2.24, 2.45) is 0 Å². The van der Waals surface area contributed by atoms with Crippen molar-refractivity contribution in [1.29, 1.82) is 0 Å². The van der Waals surface area contributed by atoms with Crippen molar-refractivity contribution in [1.82, 2.24) is 0 Å². The summed E-state index contributed by atoms with van der Waals surface area (Å²) in [6.45, 7) is 0. The molecular weight excluding hydrogens is 219 g/mol. The molecular formula is C10H10BrF. The van der Waals surface area contributed by atoms with Crippen molar-refractivity contribution in [3.8, 4) is 0 Å². The molecule has 0 N–H and O–H groups in total. The Bertz CT molecular complexity index is 292. The molecule has 2 heteroatoms. The average Bonchev–Trinajstić information content (AvgIpc) is 1.91. The molecule has 0 atom stereocenters. The number of hydrogen-bond donors (Lipinski definition) is 0. The fourth-order valence-corrected chi connectivity index (χ4v) is 2.23. The van der Waals surface area contributed by atoms with Gasteiger partial charge in [0, 0.05) is 4.47 Å². The third-order valence-corrected chi connectivity index (χ3v) is 3.19. The summed E-state index contributed by atoms with van der Waals surface area (Å²) in [4.78, 5) is 0. The molecule has 1 aromatic rings. The Morgan fingerprint density at radius 3 is 2.58 bits per heavy atom. The molecule has 0 aromatic heterocycles. The fourth-order valence-electron chi connectivity index (χ4n) is 1.55. The van der Waals surface area contributed by atoms with Gasteiger partial charge >= 0.3 is 0 Å². The van der Waals surface area contributed by atoms with Gasteiger partial charge in [-0.2, -0.15) is 0 Å². The van der Waals surface area contributed by atoms with Crippen LogP contribution in [0.5, 0.6) is 0 Å². The Morgan fingerprint density at radius 1 is 1.33 bits per heavy atom. The van der Waals surface area contributed by atoms with E-state index in [1.807, 2.05) is 6.07 Å². The van der Waals surface area contributed by atoms with Gasteiger partial charge in [0.2, 0.25) is 0 Å². The molecule has 0 heterocycles. The molecule has 1 aliphatic carbocycles. The molecule has 0 amide bonds. The Morgan fingerprint density at radius 2 is 2.08 bits per heavy atom. The number of rotatable bonds is 1. The number of benzene rings is 1. The highest BCUT2D eigenvalue weighted by Gasteiger charge is 2.21. The summed E-state index contributed by atoms with van der Waals surface area (Å²) >= 11 is 3.38. The van der Waals surface area contributed by atoms with Crippen LogP contribution in [0.25, 0.3) is 0 Å². The summed E-state index contributed by atoms with van der Waals surface area (Å²) in [6.07, 6.45) is 3.82. The molecule has 0 nitrogen and oxygen atoms in total. The van der Waals surface area contributed by atoms with Crippen molar-refractivity contribution < 1.29 is 4.39 Å². The second-order valence-corrected chi connectivity index (χ2v) is 4.15. The van der Waals surface area contributed by atoms with E-state index in [-0.39, 0.29) is 5.82 Å². The van der Waals surface area contributed by atoms with Crippen LogP contribution in [-0.4, -0.2) is 0 Å². The molecule has 64 valence electrons. The Hall–Kier alpha value is -0.370. The highest BCUT2D eigenvalue weighted by Crippen LogP contribution is 2.39. The minimum Gasteiger partial charge on any atom is -0.207 e. The lowest BCUT2D eigenvalue weighted by Crippen LogP contribution is -2.09. The van der Waals surface area contributed by atoms with E-state index in [0.717, 1.165) is 4.47 Å². The van der Waals surface area contributed by atoms with Gasteiger partial charge in [-0.25, -0.2) is 4.39 Å². The second kappa shape index (κ2) is 3.17. The van der Waals surface area contributed by atoms with Crippen LogP contribution >= 0.6 is 15.9 Å². The van der Waals surface area contributed by atoms with Crippen LogP contribution in [0.1, 0.15) is 30.7 Å². The minimum absolute atomic E-state index is 0.162. The SMILES string of the molecule is Fc1ccc(C2CCC2)c(Br)c1. The lowest BCUT2D eigenvalue weighted by atomic mass is 9.80. The zero-order valence-corrected chi connectivity index (χ0v) is 8.27. The molecule has 12 heavy (non-hydrogen) atoms. The van der Waals surface area contributed by atoms with Crippen LogP contribution in [0.3, 0.4) is 0 Å². The van der Waals surface area contributed by atoms with Crippen molar-refractivity contribution >= 4 is 15.9 Å². The maximum Gasteiger partial charge on any atom is 0.124 e. The van der Waals surface area contributed by atoms with Crippen LogP contribution in [0, 0.1) is 5.82 Å². The first-order chi connectivity index (χ1) is 5.77. The van der Waals surface area contributed by atoms with Gasteiger partial charge in [-0.1, -0.05) is 28.4 Å². The maximum absolute atomic E-state index is 12.7. The molecule has 0 unspecified atom stereocenters. The van der Waals surface area contributed by atoms with Crippen molar-refractivity contribution in [3.63, 3.8) is 0 Å².